The maximum Gasteiger partial charge on any atom is 0.411 e. The molecule has 1 aromatic heterocycles. The van der Waals surface area contributed by atoms with Crippen molar-refractivity contribution in [2.75, 3.05) is 17.7 Å². The number of nitrogens with one attached hydrogen (secondary N) is 2. The standard InChI is InChI=1S/C16H19N3O2.C3H8/c1-11(2)21-16(20)19-14-6-4-5-12(9-14)13-7-8-18-15(10-13)17-3;1-3-2/h4-11H,1-3H3,(H,17,18)(H,19,20);3H2,1-2H3. The highest BCUT2D eigenvalue weighted by Crippen LogP contribution is 2.24. The van der Waals surface area contributed by atoms with Gasteiger partial charge in [0.2, 0.25) is 0 Å². The van der Waals surface area contributed by atoms with E-state index >= 15 is 0 Å². The van der Waals surface area contributed by atoms with Crippen molar-refractivity contribution in [2.24, 2.45) is 0 Å². The first kappa shape index (κ1) is 19.5. The summed E-state index contributed by atoms with van der Waals surface area (Å²) in [6.07, 6.45) is 2.40. The summed E-state index contributed by atoms with van der Waals surface area (Å²) in [5.74, 6) is 0.796. The molecule has 1 aromatic carbocycles. The van der Waals surface area contributed by atoms with E-state index in [-0.39, 0.29) is 6.10 Å². The van der Waals surface area contributed by atoms with Crippen molar-refractivity contribution >= 4 is 17.6 Å². The number of hydrogen-bond acceptors (Lipinski definition) is 4. The number of amides is 1. The van der Waals surface area contributed by atoms with Crippen LogP contribution in [0, 0.1) is 0 Å². The molecule has 0 bridgehead atoms. The smallest absolute Gasteiger partial charge is 0.411 e. The van der Waals surface area contributed by atoms with Gasteiger partial charge in [-0.2, -0.15) is 0 Å². The summed E-state index contributed by atoms with van der Waals surface area (Å²) < 4.78 is 5.07. The Morgan fingerprint density at radius 3 is 2.46 bits per heavy atom. The zero-order valence-electron chi connectivity index (χ0n) is 15.1. The Balaban J connectivity index is 0.000000891. The number of aromatic nitrogens is 1. The summed E-state index contributed by atoms with van der Waals surface area (Å²) in [5.41, 5.74) is 2.72. The summed E-state index contributed by atoms with van der Waals surface area (Å²) in [5, 5.41) is 5.72. The van der Waals surface area contributed by atoms with Gasteiger partial charge >= 0.3 is 6.09 Å². The maximum atomic E-state index is 11.6. The lowest BCUT2D eigenvalue weighted by molar-refractivity contribution is 0.130. The molecule has 0 aliphatic carbocycles. The summed E-state index contributed by atoms with van der Waals surface area (Å²) >= 11 is 0. The fourth-order valence-electron chi connectivity index (χ4n) is 1.88. The van der Waals surface area contributed by atoms with Crippen molar-refractivity contribution in [3.63, 3.8) is 0 Å². The number of ether oxygens (including phenoxy) is 1. The minimum atomic E-state index is -0.451. The Hall–Kier alpha value is -2.56. The Morgan fingerprint density at radius 1 is 1.17 bits per heavy atom. The minimum absolute atomic E-state index is 0.147. The predicted octanol–water partition coefficient (Wildman–Crippen LogP) is 5.16. The Labute approximate surface area is 144 Å². The van der Waals surface area contributed by atoms with Gasteiger partial charge in [0.15, 0.2) is 0 Å². The Kier molecular flexibility index (Phi) is 8.33. The zero-order valence-corrected chi connectivity index (χ0v) is 15.1. The van der Waals surface area contributed by atoms with E-state index in [0.29, 0.717) is 5.69 Å². The number of pyridine rings is 1. The summed E-state index contributed by atoms with van der Waals surface area (Å²) in [4.78, 5) is 15.8. The van der Waals surface area contributed by atoms with Crippen molar-refractivity contribution in [3.05, 3.63) is 42.6 Å². The SMILES string of the molecule is CCC.CNc1cc(-c2cccc(NC(=O)OC(C)C)c2)ccn1. The van der Waals surface area contributed by atoms with Crippen molar-refractivity contribution in [1.29, 1.82) is 0 Å². The molecule has 2 rings (SSSR count). The molecule has 0 saturated carbocycles. The fraction of sp³-hybridized carbons (Fsp3) is 0.368. The van der Waals surface area contributed by atoms with Crippen LogP contribution in [0.15, 0.2) is 42.6 Å². The van der Waals surface area contributed by atoms with Crippen molar-refractivity contribution in [1.82, 2.24) is 4.98 Å². The molecule has 2 N–H and O–H groups in total. The molecule has 1 amide bonds. The fourth-order valence-corrected chi connectivity index (χ4v) is 1.88. The van der Waals surface area contributed by atoms with Gasteiger partial charge in [-0.1, -0.05) is 32.4 Å². The molecule has 0 unspecified atom stereocenters. The van der Waals surface area contributed by atoms with E-state index in [1.807, 2.05) is 57.3 Å². The molecule has 24 heavy (non-hydrogen) atoms. The van der Waals surface area contributed by atoms with Crippen LogP contribution in [0.25, 0.3) is 11.1 Å². The Morgan fingerprint density at radius 2 is 1.83 bits per heavy atom. The third-order valence-electron chi connectivity index (χ3n) is 2.80. The number of anilines is 2. The van der Waals surface area contributed by atoms with Crippen molar-refractivity contribution < 1.29 is 9.53 Å². The summed E-state index contributed by atoms with van der Waals surface area (Å²) in [6.45, 7) is 7.87. The number of carbonyl (C=O) groups excluding carboxylic acids is 1. The molecule has 0 atom stereocenters. The van der Waals surface area contributed by atoms with E-state index in [9.17, 15) is 4.79 Å². The zero-order chi connectivity index (χ0) is 17.9. The molecule has 0 fully saturated rings. The highest BCUT2D eigenvalue weighted by atomic mass is 16.6. The molecule has 130 valence electrons. The van der Waals surface area contributed by atoms with Gasteiger partial charge in [0.1, 0.15) is 5.82 Å². The molecule has 0 radical (unpaired) electrons. The van der Waals surface area contributed by atoms with E-state index in [1.165, 1.54) is 6.42 Å². The number of rotatable bonds is 4. The molecular weight excluding hydrogens is 302 g/mol. The average Bonchev–Trinajstić information content (AvgIpc) is 2.55. The second-order valence-corrected chi connectivity index (χ2v) is 5.55. The van der Waals surface area contributed by atoms with Crippen LogP contribution in [0.2, 0.25) is 0 Å². The van der Waals surface area contributed by atoms with Crippen molar-refractivity contribution in [2.45, 2.75) is 40.2 Å². The van der Waals surface area contributed by atoms with Crippen molar-refractivity contribution in [3.8, 4) is 11.1 Å². The number of hydrogen-bond donors (Lipinski definition) is 2. The summed E-state index contributed by atoms with van der Waals surface area (Å²) in [6, 6.07) is 11.5. The second kappa shape index (κ2) is 10.3. The molecule has 1 heterocycles. The van der Waals surface area contributed by atoms with Gasteiger partial charge in [-0.3, -0.25) is 5.32 Å². The van der Waals surface area contributed by atoms with E-state index < -0.39 is 6.09 Å². The average molecular weight is 329 g/mol. The topological polar surface area (TPSA) is 63.2 Å². The largest absolute Gasteiger partial charge is 0.447 e. The maximum absolute atomic E-state index is 11.6. The molecule has 2 aromatic rings. The first-order valence-corrected chi connectivity index (χ1v) is 8.22. The van der Waals surface area contributed by atoms with Crippen LogP contribution < -0.4 is 10.6 Å². The summed E-state index contributed by atoms with van der Waals surface area (Å²) in [7, 11) is 1.83. The highest BCUT2D eigenvalue weighted by Gasteiger charge is 2.06. The van der Waals surface area contributed by atoms with Gasteiger partial charge in [-0.05, 0) is 49.2 Å². The van der Waals surface area contributed by atoms with E-state index in [1.54, 1.807) is 6.20 Å². The molecule has 5 nitrogen and oxygen atoms in total. The van der Waals surface area contributed by atoms with Crippen LogP contribution in [-0.4, -0.2) is 24.2 Å². The lowest BCUT2D eigenvalue weighted by Gasteiger charge is -2.11. The van der Waals surface area contributed by atoms with E-state index in [4.69, 9.17) is 4.74 Å². The van der Waals surface area contributed by atoms with Gasteiger partial charge in [0, 0.05) is 18.9 Å². The van der Waals surface area contributed by atoms with Gasteiger partial charge in [-0.25, -0.2) is 9.78 Å². The lowest BCUT2D eigenvalue weighted by atomic mass is 10.1. The molecule has 0 aliphatic heterocycles. The third-order valence-corrected chi connectivity index (χ3v) is 2.80. The van der Waals surface area contributed by atoms with Gasteiger partial charge < -0.3 is 10.1 Å². The highest BCUT2D eigenvalue weighted by molar-refractivity contribution is 5.86. The molecular formula is C19H27N3O2. The molecule has 0 saturated heterocycles. The molecule has 0 spiro atoms. The van der Waals surface area contributed by atoms with E-state index in [0.717, 1.165) is 16.9 Å². The Bertz CT molecular complexity index is 642. The van der Waals surface area contributed by atoms with Gasteiger partial charge in [-0.15, -0.1) is 0 Å². The number of carbonyl (C=O) groups is 1. The third kappa shape index (κ3) is 6.69. The van der Waals surface area contributed by atoms with Crippen LogP contribution in [0.4, 0.5) is 16.3 Å². The second-order valence-electron chi connectivity index (χ2n) is 5.55. The molecule has 5 heteroatoms. The molecule has 0 aliphatic rings. The van der Waals surface area contributed by atoms with Crippen LogP contribution in [0.5, 0.6) is 0 Å². The van der Waals surface area contributed by atoms with Crippen LogP contribution >= 0.6 is 0 Å². The van der Waals surface area contributed by atoms with Gasteiger partial charge in [0.05, 0.1) is 6.10 Å². The normalized spacial score (nSPS) is 9.75. The van der Waals surface area contributed by atoms with Crippen LogP contribution in [0.3, 0.4) is 0 Å². The number of nitrogens with zero attached hydrogens (tertiary/aromatic N) is 1. The number of benzene rings is 1. The first-order chi connectivity index (χ1) is 11.5. The quantitative estimate of drug-likeness (QED) is 0.813. The lowest BCUT2D eigenvalue weighted by Crippen LogP contribution is -2.17. The minimum Gasteiger partial charge on any atom is -0.447 e. The first-order valence-electron chi connectivity index (χ1n) is 8.22. The predicted molar refractivity (Wildman–Crippen MR) is 100 cm³/mol. The monoisotopic (exact) mass is 329 g/mol. The van der Waals surface area contributed by atoms with Gasteiger partial charge in [0.25, 0.3) is 0 Å². The van der Waals surface area contributed by atoms with Crippen LogP contribution in [0.1, 0.15) is 34.1 Å². The van der Waals surface area contributed by atoms with E-state index in [2.05, 4.69) is 29.5 Å². The van der Waals surface area contributed by atoms with Crippen LogP contribution in [-0.2, 0) is 4.74 Å².